The lowest BCUT2D eigenvalue weighted by molar-refractivity contribution is 0.568. The molecule has 0 spiro atoms. The number of rotatable bonds is 6. The lowest BCUT2D eigenvalue weighted by Crippen LogP contribution is -2.25. The van der Waals surface area contributed by atoms with Gasteiger partial charge in [-0.1, -0.05) is 18.5 Å². The third-order valence-electron chi connectivity index (χ3n) is 2.11. The van der Waals surface area contributed by atoms with Crippen LogP contribution in [0.15, 0.2) is 11.0 Å². The second-order valence-electron chi connectivity index (χ2n) is 3.43. The molecule has 1 heterocycles. The van der Waals surface area contributed by atoms with Gasteiger partial charge in [0.1, 0.15) is 5.02 Å². The average Bonchev–Trinajstić information content (AvgIpc) is 2.28. The number of nitrogens with zero attached hydrogens (tertiary/aromatic N) is 2. The second-order valence-corrected chi connectivity index (χ2v) is 3.81. The maximum Gasteiger partial charge on any atom is 0.287 e. The molecule has 16 heavy (non-hydrogen) atoms. The fourth-order valence-electron chi connectivity index (χ4n) is 1.28. The summed E-state index contributed by atoms with van der Waals surface area (Å²) in [5.74, 6) is 0. The summed E-state index contributed by atoms with van der Waals surface area (Å²) in [5.41, 5.74) is 0.354. The highest BCUT2D eigenvalue weighted by Gasteiger charge is 2.07. The Labute approximate surface area is 99.8 Å². The van der Waals surface area contributed by atoms with Crippen LogP contribution in [0.2, 0.25) is 5.02 Å². The lowest BCUT2D eigenvalue weighted by Gasteiger charge is -2.09. The first-order chi connectivity index (χ1) is 7.70. The van der Waals surface area contributed by atoms with Crippen LogP contribution in [0.3, 0.4) is 0 Å². The van der Waals surface area contributed by atoms with E-state index < -0.39 is 0 Å². The van der Waals surface area contributed by atoms with E-state index in [1.807, 2.05) is 14.0 Å². The minimum Gasteiger partial charge on any atom is -0.381 e. The molecule has 6 heteroatoms. The van der Waals surface area contributed by atoms with E-state index in [2.05, 4.69) is 15.7 Å². The monoisotopic (exact) mass is 244 g/mol. The van der Waals surface area contributed by atoms with Gasteiger partial charge in [0.05, 0.1) is 11.9 Å². The summed E-state index contributed by atoms with van der Waals surface area (Å²) in [6.45, 7) is 4.08. The SMILES string of the molecule is CCCn1ncc(NCCNC)c(Cl)c1=O. The van der Waals surface area contributed by atoms with Gasteiger partial charge in [-0.15, -0.1) is 0 Å². The van der Waals surface area contributed by atoms with E-state index in [9.17, 15) is 4.79 Å². The van der Waals surface area contributed by atoms with Gasteiger partial charge in [-0.05, 0) is 13.5 Å². The third kappa shape index (κ3) is 3.21. The topological polar surface area (TPSA) is 59.0 Å². The van der Waals surface area contributed by atoms with Gasteiger partial charge in [-0.2, -0.15) is 5.10 Å². The fourth-order valence-corrected chi connectivity index (χ4v) is 1.49. The Morgan fingerprint density at radius 3 is 2.88 bits per heavy atom. The highest BCUT2D eigenvalue weighted by atomic mass is 35.5. The van der Waals surface area contributed by atoms with E-state index >= 15 is 0 Å². The molecule has 0 bridgehead atoms. The molecule has 0 radical (unpaired) electrons. The first kappa shape index (κ1) is 13.0. The molecule has 0 atom stereocenters. The van der Waals surface area contributed by atoms with Gasteiger partial charge >= 0.3 is 0 Å². The molecule has 0 saturated carbocycles. The van der Waals surface area contributed by atoms with E-state index in [0.29, 0.717) is 18.8 Å². The zero-order valence-corrected chi connectivity index (χ0v) is 10.3. The molecule has 0 unspecified atom stereocenters. The van der Waals surface area contributed by atoms with Crippen LogP contribution >= 0.6 is 11.6 Å². The number of hydrogen-bond donors (Lipinski definition) is 2. The zero-order chi connectivity index (χ0) is 12.0. The predicted molar refractivity (Wildman–Crippen MR) is 66.2 cm³/mol. The molecule has 1 rings (SSSR count). The van der Waals surface area contributed by atoms with E-state index in [1.54, 1.807) is 6.20 Å². The van der Waals surface area contributed by atoms with Crippen LogP contribution in [-0.2, 0) is 6.54 Å². The van der Waals surface area contributed by atoms with Crippen molar-refractivity contribution in [2.24, 2.45) is 0 Å². The quantitative estimate of drug-likeness (QED) is 0.732. The molecule has 0 amide bonds. The van der Waals surface area contributed by atoms with Gasteiger partial charge in [0.2, 0.25) is 0 Å². The Morgan fingerprint density at radius 1 is 1.50 bits per heavy atom. The molecule has 0 fully saturated rings. The molecule has 0 aliphatic heterocycles. The zero-order valence-electron chi connectivity index (χ0n) is 9.59. The second kappa shape index (κ2) is 6.50. The van der Waals surface area contributed by atoms with Crippen molar-refractivity contribution in [1.82, 2.24) is 15.1 Å². The highest BCUT2D eigenvalue weighted by Crippen LogP contribution is 2.14. The van der Waals surface area contributed by atoms with Crippen molar-refractivity contribution in [3.8, 4) is 0 Å². The van der Waals surface area contributed by atoms with Crippen molar-refractivity contribution in [2.45, 2.75) is 19.9 Å². The van der Waals surface area contributed by atoms with E-state index in [4.69, 9.17) is 11.6 Å². The number of aryl methyl sites for hydroxylation is 1. The van der Waals surface area contributed by atoms with Gasteiger partial charge in [-0.25, -0.2) is 4.68 Å². The van der Waals surface area contributed by atoms with Crippen LogP contribution in [0.5, 0.6) is 0 Å². The summed E-state index contributed by atoms with van der Waals surface area (Å²) < 4.78 is 1.38. The standard InChI is InChI=1S/C10H17ClN4O/c1-3-6-15-10(16)9(11)8(7-14-15)13-5-4-12-2/h7,12-13H,3-6H2,1-2H3. The first-order valence-corrected chi connectivity index (χ1v) is 5.72. The van der Waals surface area contributed by atoms with Crippen LogP contribution < -0.4 is 16.2 Å². The number of aromatic nitrogens is 2. The Kier molecular flexibility index (Phi) is 5.28. The van der Waals surface area contributed by atoms with Crippen LogP contribution in [0.1, 0.15) is 13.3 Å². The third-order valence-corrected chi connectivity index (χ3v) is 2.48. The van der Waals surface area contributed by atoms with Crippen molar-refractivity contribution in [3.05, 3.63) is 21.6 Å². The van der Waals surface area contributed by atoms with Crippen molar-refractivity contribution in [1.29, 1.82) is 0 Å². The number of halogens is 1. The smallest absolute Gasteiger partial charge is 0.287 e. The van der Waals surface area contributed by atoms with Crippen molar-refractivity contribution < 1.29 is 0 Å². The highest BCUT2D eigenvalue weighted by molar-refractivity contribution is 6.32. The molecule has 90 valence electrons. The molecule has 0 aliphatic carbocycles. The van der Waals surface area contributed by atoms with E-state index in [-0.39, 0.29) is 10.6 Å². The fraction of sp³-hybridized carbons (Fsp3) is 0.600. The van der Waals surface area contributed by atoms with Gasteiger partial charge in [0, 0.05) is 19.6 Å². The van der Waals surface area contributed by atoms with Gasteiger partial charge in [0.15, 0.2) is 0 Å². The minimum atomic E-state index is -0.238. The number of hydrogen-bond acceptors (Lipinski definition) is 4. The van der Waals surface area contributed by atoms with Crippen LogP contribution in [-0.4, -0.2) is 29.9 Å². The maximum absolute atomic E-state index is 11.7. The summed E-state index contributed by atoms with van der Waals surface area (Å²) in [4.78, 5) is 11.7. The van der Waals surface area contributed by atoms with Crippen molar-refractivity contribution in [2.75, 3.05) is 25.5 Å². The molecular formula is C10H17ClN4O. The summed E-state index contributed by atoms with van der Waals surface area (Å²) in [7, 11) is 1.86. The maximum atomic E-state index is 11.7. The van der Waals surface area contributed by atoms with Crippen LogP contribution in [0, 0.1) is 0 Å². The normalized spacial score (nSPS) is 10.4. The van der Waals surface area contributed by atoms with Gasteiger partial charge in [0.25, 0.3) is 5.56 Å². The molecule has 1 aromatic rings. The molecule has 0 saturated heterocycles. The number of anilines is 1. The molecular weight excluding hydrogens is 228 g/mol. The lowest BCUT2D eigenvalue weighted by atomic mass is 10.4. The van der Waals surface area contributed by atoms with Crippen molar-refractivity contribution >= 4 is 17.3 Å². The largest absolute Gasteiger partial charge is 0.381 e. The van der Waals surface area contributed by atoms with Crippen LogP contribution in [0.4, 0.5) is 5.69 Å². The molecule has 5 nitrogen and oxygen atoms in total. The molecule has 0 aliphatic rings. The Balaban J connectivity index is 2.81. The Morgan fingerprint density at radius 2 is 2.25 bits per heavy atom. The molecule has 0 aromatic carbocycles. The van der Waals surface area contributed by atoms with Gasteiger partial charge in [-0.3, -0.25) is 4.79 Å². The summed E-state index contributed by atoms with van der Waals surface area (Å²) >= 11 is 5.96. The molecule has 1 aromatic heterocycles. The number of likely N-dealkylation sites (N-methyl/N-ethyl adjacent to an activating group) is 1. The Bertz CT molecular complexity index is 391. The minimum absolute atomic E-state index is 0.208. The number of nitrogens with one attached hydrogen (secondary N) is 2. The van der Waals surface area contributed by atoms with Crippen LogP contribution in [0.25, 0.3) is 0 Å². The first-order valence-electron chi connectivity index (χ1n) is 5.34. The Hall–Kier alpha value is -1.07. The summed E-state index contributed by atoms with van der Waals surface area (Å²) in [5, 5.41) is 10.3. The van der Waals surface area contributed by atoms with Crippen molar-refractivity contribution in [3.63, 3.8) is 0 Å². The average molecular weight is 245 g/mol. The summed E-state index contributed by atoms with van der Waals surface area (Å²) in [6.07, 6.45) is 2.45. The molecule has 2 N–H and O–H groups in total. The van der Waals surface area contributed by atoms with Gasteiger partial charge < -0.3 is 10.6 Å². The van der Waals surface area contributed by atoms with E-state index in [0.717, 1.165) is 13.0 Å². The summed E-state index contributed by atoms with van der Waals surface area (Å²) in [6, 6.07) is 0. The predicted octanol–water partition coefficient (Wildman–Crippen LogP) is 0.938. The van der Waals surface area contributed by atoms with E-state index in [1.165, 1.54) is 4.68 Å².